The third-order valence-electron chi connectivity index (χ3n) is 1.41. The van der Waals surface area contributed by atoms with E-state index < -0.39 is 10.9 Å². The van der Waals surface area contributed by atoms with Gasteiger partial charge in [-0.1, -0.05) is 0 Å². The molecule has 1 aliphatic rings. The van der Waals surface area contributed by atoms with E-state index in [1.807, 2.05) is 0 Å². The summed E-state index contributed by atoms with van der Waals surface area (Å²) in [4.78, 5) is 26.3. The Kier molecular flexibility index (Phi) is 1.29. The van der Waals surface area contributed by atoms with Crippen molar-refractivity contribution in [3.05, 3.63) is 24.0 Å². The first-order chi connectivity index (χ1) is 5.29. The van der Waals surface area contributed by atoms with E-state index in [9.17, 15) is 9.59 Å². The van der Waals surface area contributed by atoms with Gasteiger partial charge in [-0.3, -0.25) is 14.6 Å². The minimum Gasteiger partial charge on any atom is -0.284 e. The van der Waals surface area contributed by atoms with Crippen LogP contribution in [0, 0.1) is 0 Å². The number of ketones is 1. The van der Waals surface area contributed by atoms with Crippen molar-refractivity contribution >= 4 is 22.7 Å². The van der Waals surface area contributed by atoms with Gasteiger partial charge in [0.2, 0.25) is 5.78 Å². The van der Waals surface area contributed by atoms with Crippen molar-refractivity contribution < 1.29 is 9.59 Å². The van der Waals surface area contributed by atoms with Crippen molar-refractivity contribution in [3.63, 3.8) is 0 Å². The molecule has 0 saturated carbocycles. The molecule has 0 radical (unpaired) electrons. The van der Waals surface area contributed by atoms with Gasteiger partial charge in [0.15, 0.2) is 0 Å². The number of aromatic nitrogens is 1. The van der Waals surface area contributed by atoms with Gasteiger partial charge in [-0.2, -0.15) is 0 Å². The Bertz CT molecular complexity index is 348. The van der Waals surface area contributed by atoms with Crippen LogP contribution in [-0.2, 0) is 4.79 Å². The topological polar surface area (TPSA) is 47.0 Å². The van der Waals surface area contributed by atoms with Gasteiger partial charge in [-0.05, 0) is 17.8 Å². The molecule has 0 aromatic carbocycles. The Balaban J connectivity index is 2.64. The minimum absolute atomic E-state index is 0.409. The summed E-state index contributed by atoms with van der Waals surface area (Å²) in [7, 11) is 0. The molecule has 11 heavy (non-hydrogen) atoms. The van der Waals surface area contributed by atoms with E-state index in [0.29, 0.717) is 5.56 Å². The molecule has 0 fully saturated rings. The van der Waals surface area contributed by atoms with Crippen LogP contribution in [0.3, 0.4) is 0 Å². The van der Waals surface area contributed by atoms with Gasteiger partial charge in [0, 0.05) is 17.3 Å². The molecule has 3 nitrogen and oxygen atoms in total. The summed E-state index contributed by atoms with van der Waals surface area (Å²) >= 11 is 0.971. The molecule has 54 valence electrons. The Morgan fingerprint density at radius 1 is 1.36 bits per heavy atom. The number of carbonyl (C=O) groups is 2. The molecule has 0 unspecified atom stereocenters. The fourth-order valence-corrected chi connectivity index (χ4v) is 1.68. The predicted octanol–water partition coefficient (Wildman–Crippen LogP) is 0.897. The average Bonchev–Trinajstić information content (AvgIpc) is 2.30. The molecule has 0 N–H and O–H groups in total. The van der Waals surface area contributed by atoms with Crippen molar-refractivity contribution in [2.24, 2.45) is 0 Å². The maximum Gasteiger partial charge on any atom is 0.264 e. The molecule has 0 aliphatic carbocycles. The second kappa shape index (κ2) is 2.17. The molecule has 4 heteroatoms. The van der Waals surface area contributed by atoms with E-state index in [4.69, 9.17) is 0 Å². The molecular formula is C7H3NO2S. The Labute approximate surface area is 66.8 Å². The number of pyridine rings is 1. The third kappa shape index (κ3) is 0.867. The van der Waals surface area contributed by atoms with E-state index in [2.05, 4.69) is 4.98 Å². The van der Waals surface area contributed by atoms with E-state index >= 15 is 0 Å². The van der Waals surface area contributed by atoms with E-state index in [-0.39, 0.29) is 0 Å². The molecular weight excluding hydrogens is 162 g/mol. The van der Waals surface area contributed by atoms with Crippen molar-refractivity contribution in [1.29, 1.82) is 0 Å². The Morgan fingerprint density at radius 3 is 2.91 bits per heavy atom. The van der Waals surface area contributed by atoms with Crippen LogP contribution in [0.15, 0.2) is 23.4 Å². The monoisotopic (exact) mass is 165 g/mol. The highest BCUT2D eigenvalue weighted by atomic mass is 32.2. The second-order valence-corrected chi connectivity index (χ2v) is 3.11. The number of carbonyl (C=O) groups excluding carboxylic acids is 2. The summed E-state index contributed by atoms with van der Waals surface area (Å²) < 4.78 is 0. The zero-order chi connectivity index (χ0) is 7.84. The maximum atomic E-state index is 11.0. The summed E-state index contributed by atoms with van der Waals surface area (Å²) in [6, 6.07) is 1.67. The zero-order valence-electron chi connectivity index (χ0n) is 5.40. The molecule has 0 bridgehead atoms. The molecule has 1 aromatic rings. The van der Waals surface area contributed by atoms with Crippen LogP contribution in [0.25, 0.3) is 0 Å². The summed E-state index contributed by atoms with van der Waals surface area (Å²) in [6.07, 6.45) is 2.99. The van der Waals surface area contributed by atoms with E-state index in [1.54, 1.807) is 12.3 Å². The minimum atomic E-state index is -0.432. The zero-order valence-corrected chi connectivity index (χ0v) is 6.22. The molecule has 0 atom stereocenters. The van der Waals surface area contributed by atoms with Crippen LogP contribution in [0.2, 0.25) is 0 Å². The number of nitrogens with zero attached hydrogens (tertiary/aromatic N) is 1. The molecule has 1 aromatic heterocycles. The summed E-state index contributed by atoms with van der Waals surface area (Å²) in [5, 5.41) is -0.409. The average molecular weight is 165 g/mol. The van der Waals surface area contributed by atoms with Gasteiger partial charge in [-0.25, -0.2) is 0 Å². The molecule has 0 saturated heterocycles. The highest BCUT2D eigenvalue weighted by molar-refractivity contribution is 8.16. The lowest BCUT2D eigenvalue weighted by atomic mass is 10.2. The van der Waals surface area contributed by atoms with E-state index in [0.717, 1.165) is 16.7 Å². The van der Waals surface area contributed by atoms with Crippen LogP contribution < -0.4 is 0 Å². The third-order valence-corrected chi connectivity index (χ3v) is 2.36. The number of Topliss-reactive ketones (excluding diaryl/α,β-unsaturated/α-hetero) is 1. The van der Waals surface area contributed by atoms with Crippen molar-refractivity contribution in [3.8, 4) is 0 Å². The molecule has 2 rings (SSSR count). The van der Waals surface area contributed by atoms with Crippen LogP contribution in [-0.4, -0.2) is 15.9 Å². The normalized spacial score (nSPS) is 15.3. The number of hydrogen-bond acceptors (Lipinski definition) is 4. The molecule has 0 amide bonds. The maximum absolute atomic E-state index is 11.0. The first-order valence-electron chi connectivity index (χ1n) is 2.99. The Hall–Kier alpha value is -1.16. The smallest absolute Gasteiger partial charge is 0.264 e. The number of hydrogen-bond donors (Lipinski definition) is 0. The lowest BCUT2D eigenvalue weighted by molar-refractivity contribution is -0.107. The van der Waals surface area contributed by atoms with Crippen molar-refractivity contribution in [2.75, 3.05) is 0 Å². The number of thioether (sulfide) groups is 1. The largest absolute Gasteiger partial charge is 0.284 e. The summed E-state index contributed by atoms with van der Waals surface area (Å²) in [5.74, 6) is -0.432. The lowest BCUT2D eigenvalue weighted by Crippen LogP contribution is -2.02. The van der Waals surface area contributed by atoms with Crippen LogP contribution in [0.1, 0.15) is 10.4 Å². The highest BCUT2D eigenvalue weighted by Gasteiger charge is 2.28. The first kappa shape index (κ1) is 6.54. The standard InChI is InChI=1S/C7H3NO2S/c9-6-4-3-8-2-1-5(4)11-7(6)10/h1-3H. The highest BCUT2D eigenvalue weighted by Crippen LogP contribution is 2.30. The number of rotatable bonds is 0. The van der Waals surface area contributed by atoms with Crippen molar-refractivity contribution in [2.45, 2.75) is 4.90 Å². The molecule has 0 spiro atoms. The van der Waals surface area contributed by atoms with Gasteiger partial charge in [0.25, 0.3) is 5.12 Å². The van der Waals surface area contributed by atoms with Crippen LogP contribution in [0.4, 0.5) is 0 Å². The Morgan fingerprint density at radius 2 is 2.18 bits per heavy atom. The molecule has 2 heterocycles. The summed E-state index contributed by atoms with van der Waals surface area (Å²) in [6.45, 7) is 0. The van der Waals surface area contributed by atoms with Crippen LogP contribution in [0.5, 0.6) is 0 Å². The van der Waals surface area contributed by atoms with Gasteiger partial charge in [-0.15, -0.1) is 0 Å². The van der Waals surface area contributed by atoms with Crippen molar-refractivity contribution in [1.82, 2.24) is 4.98 Å². The van der Waals surface area contributed by atoms with Gasteiger partial charge >= 0.3 is 0 Å². The summed E-state index contributed by atoms with van der Waals surface area (Å²) in [5.41, 5.74) is 0.433. The fraction of sp³-hybridized carbons (Fsp3) is 0. The quantitative estimate of drug-likeness (QED) is 0.536. The molecule has 1 aliphatic heterocycles. The van der Waals surface area contributed by atoms with E-state index in [1.165, 1.54) is 6.20 Å². The second-order valence-electron chi connectivity index (χ2n) is 2.09. The van der Waals surface area contributed by atoms with Crippen LogP contribution >= 0.6 is 11.8 Å². The fourth-order valence-electron chi connectivity index (χ4n) is 0.897. The van der Waals surface area contributed by atoms with Gasteiger partial charge < -0.3 is 0 Å². The van der Waals surface area contributed by atoms with Gasteiger partial charge in [0.05, 0.1) is 5.56 Å². The first-order valence-corrected chi connectivity index (χ1v) is 3.81. The SMILES string of the molecule is O=C1Sc2ccncc2C1=O. The lowest BCUT2D eigenvalue weighted by Gasteiger charge is -1.88. The number of fused-ring (bicyclic) bond motifs is 1. The predicted molar refractivity (Wildman–Crippen MR) is 39.4 cm³/mol. The van der Waals surface area contributed by atoms with Gasteiger partial charge in [0.1, 0.15) is 0 Å².